The van der Waals surface area contributed by atoms with Crippen molar-refractivity contribution >= 4 is 27.5 Å². The average Bonchev–Trinajstić information content (AvgIpc) is 3.22. The number of benzene rings is 3. The van der Waals surface area contributed by atoms with Crippen molar-refractivity contribution in [2.75, 3.05) is 0 Å². The molecule has 0 saturated carbocycles. The van der Waals surface area contributed by atoms with E-state index in [4.69, 9.17) is 9.40 Å². The van der Waals surface area contributed by atoms with Crippen LogP contribution in [-0.4, -0.2) is 4.98 Å². The number of furan rings is 1. The van der Waals surface area contributed by atoms with E-state index in [0.717, 1.165) is 61.0 Å². The van der Waals surface area contributed by atoms with Gasteiger partial charge in [0, 0.05) is 33.7 Å². The first-order chi connectivity index (χ1) is 16.4. The summed E-state index contributed by atoms with van der Waals surface area (Å²) in [6.45, 7) is 13.4. The van der Waals surface area contributed by atoms with Crippen LogP contribution in [0.3, 0.4) is 0 Å². The monoisotopic (exact) mass is 441 g/mol. The Bertz CT molecular complexity index is 1630. The fraction of sp³-hybridized carbons (Fsp3) is 0.156. The summed E-state index contributed by atoms with van der Waals surface area (Å²) in [6.07, 6.45) is 1.96. The van der Waals surface area contributed by atoms with Crippen molar-refractivity contribution in [3.63, 3.8) is 0 Å². The van der Waals surface area contributed by atoms with Crippen LogP contribution in [0.2, 0.25) is 0 Å². The molecule has 0 bridgehead atoms. The van der Waals surface area contributed by atoms with Gasteiger partial charge in [0.25, 0.3) is 0 Å². The van der Waals surface area contributed by atoms with Crippen molar-refractivity contribution in [1.29, 1.82) is 0 Å². The lowest BCUT2D eigenvalue weighted by Crippen LogP contribution is -2.20. The van der Waals surface area contributed by atoms with E-state index in [1.807, 2.05) is 18.3 Å². The van der Waals surface area contributed by atoms with Gasteiger partial charge in [-0.3, -0.25) is 4.98 Å². The second kappa shape index (κ2) is 7.30. The summed E-state index contributed by atoms with van der Waals surface area (Å²) in [7, 11) is 0. The molecule has 0 fully saturated rings. The van der Waals surface area contributed by atoms with Crippen molar-refractivity contribution in [2.45, 2.75) is 33.1 Å². The minimum atomic E-state index is -0.273. The molecular formula is C32H27NO. The number of allylic oxidation sites excluding steroid dienone is 3. The maximum Gasteiger partial charge on any atom is 0.147 e. The quantitative estimate of drug-likeness (QED) is 0.273. The predicted octanol–water partition coefficient (Wildman–Crippen LogP) is 8.96. The molecule has 2 heterocycles. The van der Waals surface area contributed by atoms with Gasteiger partial charge in [-0.2, -0.15) is 0 Å². The first-order valence-corrected chi connectivity index (χ1v) is 11.8. The molecule has 0 aliphatic heterocycles. The van der Waals surface area contributed by atoms with Gasteiger partial charge in [0.1, 0.15) is 11.2 Å². The van der Waals surface area contributed by atoms with E-state index in [1.54, 1.807) is 0 Å². The van der Waals surface area contributed by atoms with Gasteiger partial charge in [-0.05, 0) is 36.1 Å². The van der Waals surface area contributed by atoms with Crippen LogP contribution in [-0.2, 0) is 5.41 Å². The van der Waals surface area contributed by atoms with Gasteiger partial charge in [0.2, 0.25) is 0 Å². The van der Waals surface area contributed by atoms with Crippen LogP contribution in [0, 0.1) is 0 Å². The van der Waals surface area contributed by atoms with Gasteiger partial charge in [-0.1, -0.05) is 98.8 Å². The topological polar surface area (TPSA) is 26.0 Å². The number of aromatic nitrogens is 1. The van der Waals surface area contributed by atoms with Gasteiger partial charge in [0.15, 0.2) is 0 Å². The molecule has 3 aromatic carbocycles. The summed E-state index contributed by atoms with van der Waals surface area (Å²) in [4.78, 5) is 5.07. The molecule has 5 aromatic rings. The fourth-order valence-corrected chi connectivity index (χ4v) is 5.41. The van der Waals surface area contributed by atoms with E-state index in [-0.39, 0.29) is 5.41 Å². The van der Waals surface area contributed by atoms with E-state index < -0.39 is 0 Å². The molecule has 0 unspecified atom stereocenters. The maximum absolute atomic E-state index is 6.85. The number of hydrogen-bond donors (Lipinski definition) is 0. The molecule has 0 spiro atoms. The highest BCUT2D eigenvalue weighted by Crippen LogP contribution is 2.52. The predicted molar refractivity (Wildman–Crippen MR) is 143 cm³/mol. The lowest BCUT2D eigenvalue weighted by molar-refractivity contribution is 0.645. The Morgan fingerprint density at radius 1 is 0.765 bits per heavy atom. The third-order valence-corrected chi connectivity index (χ3v) is 7.28. The molecule has 2 aromatic heterocycles. The Kier molecular flexibility index (Phi) is 4.44. The molecular weight excluding hydrogens is 414 g/mol. The van der Waals surface area contributed by atoms with E-state index in [9.17, 15) is 0 Å². The van der Waals surface area contributed by atoms with E-state index >= 15 is 0 Å². The van der Waals surface area contributed by atoms with Gasteiger partial charge >= 0.3 is 0 Å². The van der Waals surface area contributed by atoms with Crippen LogP contribution in [0.1, 0.15) is 39.0 Å². The van der Waals surface area contributed by atoms with Crippen molar-refractivity contribution < 1.29 is 4.42 Å². The van der Waals surface area contributed by atoms with Crippen molar-refractivity contribution in [3.8, 4) is 22.3 Å². The molecule has 2 heteroatoms. The van der Waals surface area contributed by atoms with Gasteiger partial charge in [0.05, 0.1) is 11.1 Å². The van der Waals surface area contributed by atoms with Gasteiger partial charge in [-0.15, -0.1) is 0 Å². The number of rotatable bonds is 2. The van der Waals surface area contributed by atoms with Crippen LogP contribution < -0.4 is 0 Å². The first kappa shape index (κ1) is 20.7. The third kappa shape index (κ3) is 2.78. The zero-order chi connectivity index (χ0) is 23.6. The third-order valence-electron chi connectivity index (χ3n) is 7.28. The fourth-order valence-electron chi connectivity index (χ4n) is 5.41. The lowest BCUT2D eigenvalue weighted by atomic mass is 9.74. The maximum atomic E-state index is 6.85. The highest BCUT2D eigenvalue weighted by atomic mass is 16.3. The SMILES string of the molecule is C=C1C(=C(C)C)c2ncc(-c3ccccc3)c3oc4c(-c5ccccc5)ccc(c4c23)C1(C)C. The summed E-state index contributed by atoms with van der Waals surface area (Å²) in [5.41, 5.74) is 11.5. The normalized spacial score (nSPS) is 14.7. The summed E-state index contributed by atoms with van der Waals surface area (Å²) in [6, 6.07) is 25.3. The Balaban J connectivity index is 1.86. The summed E-state index contributed by atoms with van der Waals surface area (Å²) in [5, 5.41) is 2.24. The molecule has 1 aliphatic rings. The van der Waals surface area contributed by atoms with Crippen LogP contribution in [0.4, 0.5) is 0 Å². The second-order valence-corrected chi connectivity index (χ2v) is 9.90. The van der Waals surface area contributed by atoms with E-state index in [1.165, 1.54) is 11.1 Å². The smallest absolute Gasteiger partial charge is 0.147 e. The molecule has 0 atom stereocenters. The molecule has 166 valence electrons. The van der Waals surface area contributed by atoms with Crippen LogP contribution in [0.5, 0.6) is 0 Å². The van der Waals surface area contributed by atoms with Crippen molar-refractivity contribution in [3.05, 3.63) is 108 Å². The summed E-state index contributed by atoms with van der Waals surface area (Å²) < 4.78 is 6.85. The zero-order valence-electron chi connectivity index (χ0n) is 20.1. The largest absolute Gasteiger partial charge is 0.455 e. The van der Waals surface area contributed by atoms with Gasteiger partial charge < -0.3 is 4.42 Å². The number of hydrogen-bond acceptors (Lipinski definition) is 2. The standard InChI is InChI=1S/C32H27NO/c1-19(2)26-20(3)32(4,5)25-17-16-23(21-12-8-6-9-13-21)30-27(25)28-29(26)33-18-24(31(28)34-30)22-14-10-7-11-15-22/h6-18H,3H2,1-2,4-5H3. The van der Waals surface area contributed by atoms with Crippen LogP contribution in [0.25, 0.3) is 49.8 Å². The average molecular weight is 442 g/mol. The second-order valence-electron chi connectivity index (χ2n) is 9.90. The minimum absolute atomic E-state index is 0.273. The van der Waals surface area contributed by atoms with Crippen molar-refractivity contribution in [1.82, 2.24) is 4.98 Å². The molecule has 6 rings (SSSR count). The van der Waals surface area contributed by atoms with Gasteiger partial charge in [-0.25, -0.2) is 0 Å². The molecule has 34 heavy (non-hydrogen) atoms. The molecule has 1 aliphatic carbocycles. The Labute approximate surface area is 200 Å². The van der Waals surface area contributed by atoms with Crippen LogP contribution in [0.15, 0.2) is 101 Å². The summed E-state index contributed by atoms with van der Waals surface area (Å²) >= 11 is 0. The zero-order valence-corrected chi connectivity index (χ0v) is 20.1. The van der Waals surface area contributed by atoms with E-state index in [2.05, 4.69) is 94.9 Å². The van der Waals surface area contributed by atoms with E-state index in [0.29, 0.717) is 0 Å². The molecule has 2 nitrogen and oxygen atoms in total. The minimum Gasteiger partial charge on any atom is -0.455 e. The molecule has 0 radical (unpaired) electrons. The Morgan fingerprint density at radius 3 is 1.97 bits per heavy atom. The molecule has 0 amide bonds. The summed E-state index contributed by atoms with van der Waals surface area (Å²) in [5.74, 6) is 0. The van der Waals surface area contributed by atoms with Crippen LogP contribution >= 0.6 is 0 Å². The lowest BCUT2D eigenvalue weighted by Gasteiger charge is -2.29. The Hall–Kier alpha value is -3.91. The number of pyridine rings is 1. The molecule has 0 saturated heterocycles. The highest BCUT2D eigenvalue weighted by molar-refractivity contribution is 6.19. The van der Waals surface area contributed by atoms with Crippen molar-refractivity contribution in [2.24, 2.45) is 0 Å². The highest BCUT2D eigenvalue weighted by Gasteiger charge is 2.37. The molecule has 0 N–H and O–H groups in total. The Morgan fingerprint density at radius 2 is 1.35 bits per heavy atom. The number of nitrogens with zero attached hydrogens (tertiary/aromatic N) is 1. The first-order valence-electron chi connectivity index (χ1n) is 11.8.